The van der Waals surface area contributed by atoms with Crippen LogP contribution in [0.4, 0.5) is 0 Å². The number of rotatable bonds is 3. The Labute approximate surface area is 66.5 Å². The first-order valence-corrected chi connectivity index (χ1v) is 3.48. The molecule has 11 heavy (non-hydrogen) atoms. The summed E-state index contributed by atoms with van der Waals surface area (Å²) in [6, 6.07) is 1.74. The van der Waals surface area contributed by atoms with Crippen molar-refractivity contribution in [3.8, 4) is 6.07 Å². The van der Waals surface area contributed by atoms with Crippen molar-refractivity contribution in [1.82, 2.24) is 0 Å². The molecule has 0 spiro atoms. The van der Waals surface area contributed by atoms with Crippen LogP contribution >= 0.6 is 0 Å². The number of carbonyl (C=O) groups excluding carboxylic acids is 1. The van der Waals surface area contributed by atoms with E-state index in [4.69, 9.17) is 11.0 Å². The zero-order valence-electron chi connectivity index (χ0n) is 6.79. The largest absolute Gasteiger partial charge is 0.365 e. The monoisotopic (exact) mass is 152 g/mol. The van der Waals surface area contributed by atoms with E-state index < -0.39 is 5.91 Å². The van der Waals surface area contributed by atoms with Gasteiger partial charge in [0, 0.05) is 0 Å². The lowest BCUT2D eigenvalue weighted by molar-refractivity contribution is -0.114. The molecule has 0 saturated carbocycles. The molecule has 0 atom stereocenters. The molecule has 0 aromatic carbocycles. The summed E-state index contributed by atoms with van der Waals surface area (Å²) in [5.74, 6) is -0.203. The maximum atomic E-state index is 10.5. The van der Waals surface area contributed by atoms with Crippen molar-refractivity contribution in [2.24, 2.45) is 11.7 Å². The lowest BCUT2D eigenvalue weighted by Gasteiger charge is -1.97. The van der Waals surface area contributed by atoms with Crippen LogP contribution in [0.5, 0.6) is 0 Å². The second kappa shape index (κ2) is 4.51. The first kappa shape index (κ1) is 9.70. The highest BCUT2D eigenvalue weighted by Crippen LogP contribution is 2.03. The van der Waals surface area contributed by atoms with E-state index >= 15 is 0 Å². The quantitative estimate of drug-likeness (QED) is 0.483. The smallest absolute Gasteiger partial charge is 0.259 e. The summed E-state index contributed by atoms with van der Waals surface area (Å²) in [5, 5.41) is 8.39. The molecule has 0 saturated heterocycles. The van der Waals surface area contributed by atoms with Gasteiger partial charge in [-0.3, -0.25) is 4.79 Å². The van der Waals surface area contributed by atoms with Gasteiger partial charge in [0.15, 0.2) is 0 Å². The highest BCUT2D eigenvalue weighted by atomic mass is 16.1. The van der Waals surface area contributed by atoms with Crippen molar-refractivity contribution in [2.45, 2.75) is 20.3 Å². The lowest BCUT2D eigenvalue weighted by atomic mass is 10.1. The fourth-order valence-electron chi connectivity index (χ4n) is 0.555. The SMILES string of the molecule is CC(C)C/C=C(/C#N)C(N)=O. The van der Waals surface area contributed by atoms with Crippen molar-refractivity contribution in [1.29, 1.82) is 5.26 Å². The zero-order chi connectivity index (χ0) is 8.85. The molecule has 1 amide bonds. The number of amides is 1. The maximum Gasteiger partial charge on any atom is 0.259 e. The van der Waals surface area contributed by atoms with Gasteiger partial charge in [0.25, 0.3) is 5.91 Å². The van der Waals surface area contributed by atoms with Gasteiger partial charge in [-0.25, -0.2) is 0 Å². The Hall–Kier alpha value is -1.30. The molecule has 3 heteroatoms. The van der Waals surface area contributed by atoms with Crippen LogP contribution < -0.4 is 5.73 Å². The highest BCUT2D eigenvalue weighted by molar-refractivity contribution is 5.95. The second-order valence-corrected chi connectivity index (χ2v) is 2.72. The topological polar surface area (TPSA) is 66.9 Å². The molecule has 0 fully saturated rings. The van der Waals surface area contributed by atoms with E-state index in [0.29, 0.717) is 12.3 Å². The lowest BCUT2D eigenvalue weighted by Crippen LogP contribution is -2.12. The first-order valence-electron chi connectivity index (χ1n) is 3.48. The minimum atomic E-state index is -0.645. The van der Waals surface area contributed by atoms with Crippen molar-refractivity contribution >= 4 is 5.91 Å². The molecular weight excluding hydrogens is 140 g/mol. The van der Waals surface area contributed by atoms with Gasteiger partial charge in [0.1, 0.15) is 11.6 Å². The standard InChI is InChI=1S/C8H12N2O/c1-6(2)3-4-7(5-9)8(10)11/h4,6H,3H2,1-2H3,(H2,10,11)/b7-4-. The molecule has 0 aliphatic rings. The van der Waals surface area contributed by atoms with E-state index in [1.807, 2.05) is 13.8 Å². The number of nitriles is 1. The van der Waals surface area contributed by atoms with Gasteiger partial charge in [0.05, 0.1) is 0 Å². The number of hydrogen-bond donors (Lipinski definition) is 1. The average Bonchev–Trinajstić information content (AvgIpc) is 1.87. The van der Waals surface area contributed by atoms with E-state index in [1.165, 1.54) is 0 Å². The van der Waals surface area contributed by atoms with Crippen LogP contribution in [0.2, 0.25) is 0 Å². The normalized spacial score (nSPS) is 11.3. The van der Waals surface area contributed by atoms with Crippen LogP contribution in [-0.2, 0) is 4.79 Å². The first-order chi connectivity index (χ1) is 5.07. The zero-order valence-corrected chi connectivity index (χ0v) is 6.79. The third-order valence-electron chi connectivity index (χ3n) is 1.18. The van der Waals surface area contributed by atoms with E-state index in [2.05, 4.69) is 0 Å². The van der Waals surface area contributed by atoms with Gasteiger partial charge in [-0.1, -0.05) is 19.9 Å². The number of carbonyl (C=O) groups is 1. The van der Waals surface area contributed by atoms with Crippen LogP contribution in [0.1, 0.15) is 20.3 Å². The molecule has 0 unspecified atom stereocenters. The Morgan fingerprint density at radius 1 is 1.73 bits per heavy atom. The summed E-state index contributed by atoms with van der Waals surface area (Å²) in [5.41, 5.74) is 4.96. The van der Waals surface area contributed by atoms with Crippen LogP contribution in [0.25, 0.3) is 0 Å². The Morgan fingerprint density at radius 2 is 2.27 bits per heavy atom. The predicted molar refractivity (Wildman–Crippen MR) is 42.3 cm³/mol. The molecule has 0 aromatic heterocycles. The number of nitrogens with zero attached hydrogens (tertiary/aromatic N) is 1. The third-order valence-corrected chi connectivity index (χ3v) is 1.18. The Balaban J connectivity index is 4.17. The van der Waals surface area contributed by atoms with Crippen molar-refractivity contribution < 1.29 is 4.79 Å². The Morgan fingerprint density at radius 3 is 2.55 bits per heavy atom. The van der Waals surface area contributed by atoms with Crippen molar-refractivity contribution in [3.05, 3.63) is 11.6 Å². The van der Waals surface area contributed by atoms with Gasteiger partial charge in [0.2, 0.25) is 0 Å². The molecule has 0 radical (unpaired) electrons. The van der Waals surface area contributed by atoms with E-state index in [9.17, 15) is 4.79 Å². The minimum absolute atomic E-state index is 0.0544. The minimum Gasteiger partial charge on any atom is -0.365 e. The highest BCUT2D eigenvalue weighted by Gasteiger charge is 2.01. The van der Waals surface area contributed by atoms with Gasteiger partial charge < -0.3 is 5.73 Å². The summed E-state index contributed by atoms with van der Waals surface area (Å²) in [7, 11) is 0. The van der Waals surface area contributed by atoms with Gasteiger partial charge >= 0.3 is 0 Å². The third kappa shape index (κ3) is 4.15. The molecule has 3 nitrogen and oxygen atoms in total. The number of hydrogen-bond acceptors (Lipinski definition) is 2. The summed E-state index contributed by atoms with van der Waals surface area (Å²) < 4.78 is 0. The average molecular weight is 152 g/mol. The Kier molecular flexibility index (Phi) is 3.97. The number of allylic oxidation sites excluding steroid dienone is 1. The van der Waals surface area contributed by atoms with Crippen LogP contribution in [0.3, 0.4) is 0 Å². The van der Waals surface area contributed by atoms with E-state index in [1.54, 1.807) is 12.1 Å². The molecule has 0 heterocycles. The molecule has 0 aliphatic carbocycles. The summed E-state index contributed by atoms with van der Waals surface area (Å²) in [6.45, 7) is 4.01. The maximum absolute atomic E-state index is 10.5. The van der Waals surface area contributed by atoms with E-state index in [-0.39, 0.29) is 5.57 Å². The summed E-state index contributed by atoms with van der Waals surface area (Å²) in [4.78, 5) is 10.5. The molecule has 0 rings (SSSR count). The van der Waals surface area contributed by atoms with Gasteiger partial charge in [-0.05, 0) is 12.3 Å². The van der Waals surface area contributed by atoms with Crippen molar-refractivity contribution in [2.75, 3.05) is 0 Å². The number of nitrogens with two attached hydrogens (primary N) is 1. The van der Waals surface area contributed by atoms with Gasteiger partial charge in [-0.2, -0.15) is 5.26 Å². The van der Waals surface area contributed by atoms with Crippen molar-refractivity contribution in [3.63, 3.8) is 0 Å². The Bertz CT molecular complexity index is 211. The molecule has 2 N–H and O–H groups in total. The van der Waals surface area contributed by atoms with Crippen LogP contribution in [0, 0.1) is 17.2 Å². The summed E-state index contributed by atoms with van der Waals surface area (Å²) >= 11 is 0. The molecule has 0 bridgehead atoms. The summed E-state index contributed by atoms with van der Waals surface area (Å²) in [6.07, 6.45) is 2.29. The fraction of sp³-hybridized carbons (Fsp3) is 0.500. The van der Waals surface area contributed by atoms with Crippen LogP contribution in [-0.4, -0.2) is 5.91 Å². The molecular formula is C8H12N2O. The fourth-order valence-corrected chi connectivity index (χ4v) is 0.555. The van der Waals surface area contributed by atoms with Crippen LogP contribution in [0.15, 0.2) is 11.6 Å². The van der Waals surface area contributed by atoms with E-state index in [0.717, 1.165) is 0 Å². The molecule has 60 valence electrons. The van der Waals surface area contributed by atoms with Gasteiger partial charge in [-0.15, -0.1) is 0 Å². The molecule has 0 aliphatic heterocycles. The predicted octanol–water partition coefficient (Wildman–Crippen LogP) is 0.968. The number of primary amides is 1. The molecule has 0 aromatic rings. The second-order valence-electron chi connectivity index (χ2n) is 2.72.